The van der Waals surface area contributed by atoms with E-state index in [0.29, 0.717) is 12.0 Å². The third kappa shape index (κ3) is 3.82. The van der Waals surface area contributed by atoms with E-state index in [2.05, 4.69) is 36.2 Å². The maximum absolute atomic E-state index is 5.43. The Balaban J connectivity index is 2.19. The van der Waals surface area contributed by atoms with Gasteiger partial charge in [0.2, 0.25) is 0 Å². The Hall–Kier alpha value is -1.42. The second kappa shape index (κ2) is 7.55. The quantitative estimate of drug-likeness (QED) is 0.905. The average molecular weight is 292 g/mol. The lowest BCUT2D eigenvalue weighted by atomic mass is 9.99. The summed E-state index contributed by atoms with van der Waals surface area (Å²) in [6.07, 6.45) is 2.37. The molecule has 1 aromatic rings. The zero-order chi connectivity index (χ0) is 15.2. The normalized spacial score (nSPS) is 20.8. The Morgan fingerprint density at radius 2 is 2.05 bits per heavy atom. The molecule has 0 radical (unpaired) electrons. The van der Waals surface area contributed by atoms with Crippen LogP contribution in [0.15, 0.2) is 18.2 Å². The van der Waals surface area contributed by atoms with Crippen LogP contribution in [0, 0.1) is 5.92 Å². The van der Waals surface area contributed by atoms with E-state index in [1.54, 1.807) is 14.2 Å². The lowest BCUT2D eigenvalue weighted by Crippen LogP contribution is -2.42. The van der Waals surface area contributed by atoms with Gasteiger partial charge in [-0.2, -0.15) is 0 Å². The van der Waals surface area contributed by atoms with Gasteiger partial charge in [-0.15, -0.1) is 0 Å². The number of benzene rings is 1. The van der Waals surface area contributed by atoms with Gasteiger partial charge in [0.25, 0.3) is 0 Å². The summed E-state index contributed by atoms with van der Waals surface area (Å²) in [4.78, 5) is 2.46. The smallest absolute Gasteiger partial charge is 0.162 e. The van der Waals surface area contributed by atoms with Gasteiger partial charge in [0.15, 0.2) is 11.5 Å². The van der Waals surface area contributed by atoms with Crippen LogP contribution in [0.3, 0.4) is 0 Å². The van der Waals surface area contributed by atoms with Gasteiger partial charge in [0, 0.05) is 30.9 Å². The van der Waals surface area contributed by atoms with Crippen LogP contribution in [-0.4, -0.2) is 39.9 Å². The van der Waals surface area contributed by atoms with Crippen molar-refractivity contribution in [2.45, 2.75) is 32.7 Å². The molecule has 0 aromatic heterocycles. The van der Waals surface area contributed by atoms with E-state index in [-0.39, 0.29) is 0 Å². The van der Waals surface area contributed by atoms with Gasteiger partial charge in [0.05, 0.1) is 14.2 Å². The van der Waals surface area contributed by atoms with E-state index in [1.807, 2.05) is 6.07 Å². The van der Waals surface area contributed by atoms with Gasteiger partial charge in [-0.3, -0.25) is 0 Å². The highest BCUT2D eigenvalue weighted by atomic mass is 16.5. The first-order chi connectivity index (χ1) is 10.2. The van der Waals surface area contributed by atoms with E-state index >= 15 is 0 Å². The summed E-state index contributed by atoms with van der Waals surface area (Å²) in [7, 11) is 3.36. The minimum atomic E-state index is 0.547. The second-order valence-corrected chi connectivity index (χ2v) is 5.79. The van der Waals surface area contributed by atoms with Crippen molar-refractivity contribution in [3.05, 3.63) is 18.2 Å². The third-order valence-corrected chi connectivity index (χ3v) is 4.49. The van der Waals surface area contributed by atoms with E-state index in [4.69, 9.17) is 9.47 Å². The van der Waals surface area contributed by atoms with Crippen LogP contribution in [0.4, 0.5) is 5.69 Å². The molecule has 0 amide bonds. The Labute approximate surface area is 128 Å². The molecular formula is C17H28N2O2. The van der Waals surface area contributed by atoms with Crippen molar-refractivity contribution in [2.24, 2.45) is 5.92 Å². The Morgan fingerprint density at radius 3 is 2.71 bits per heavy atom. The molecule has 0 spiro atoms. The molecular weight excluding hydrogens is 264 g/mol. The fourth-order valence-electron chi connectivity index (χ4n) is 2.87. The number of hydrogen-bond acceptors (Lipinski definition) is 4. The highest BCUT2D eigenvalue weighted by Crippen LogP contribution is 2.32. The van der Waals surface area contributed by atoms with E-state index < -0.39 is 0 Å². The molecule has 1 aliphatic heterocycles. The van der Waals surface area contributed by atoms with E-state index in [0.717, 1.165) is 31.1 Å². The summed E-state index contributed by atoms with van der Waals surface area (Å²) in [6, 6.07) is 6.74. The van der Waals surface area contributed by atoms with Crippen LogP contribution in [0.1, 0.15) is 26.7 Å². The molecule has 4 nitrogen and oxygen atoms in total. The lowest BCUT2D eigenvalue weighted by Gasteiger charge is -2.30. The molecule has 1 fully saturated rings. The van der Waals surface area contributed by atoms with Crippen molar-refractivity contribution in [3.8, 4) is 11.5 Å². The predicted octanol–water partition coefficient (Wildman–Crippen LogP) is 2.92. The molecule has 1 aliphatic rings. The number of methoxy groups -OCH3 is 2. The van der Waals surface area contributed by atoms with E-state index in [9.17, 15) is 0 Å². The molecule has 118 valence electrons. The molecule has 21 heavy (non-hydrogen) atoms. The van der Waals surface area contributed by atoms with Crippen LogP contribution in [0.5, 0.6) is 11.5 Å². The summed E-state index contributed by atoms with van der Waals surface area (Å²) < 4.78 is 10.8. The molecule has 2 unspecified atom stereocenters. The topological polar surface area (TPSA) is 33.7 Å². The summed E-state index contributed by atoms with van der Waals surface area (Å²) in [5.41, 5.74) is 1.21. The molecule has 1 aromatic carbocycles. The second-order valence-electron chi connectivity index (χ2n) is 5.79. The number of anilines is 1. The summed E-state index contributed by atoms with van der Waals surface area (Å²) >= 11 is 0. The Kier molecular flexibility index (Phi) is 5.74. The van der Waals surface area contributed by atoms with Crippen molar-refractivity contribution < 1.29 is 9.47 Å². The number of hydrogen-bond donors (Lipinski definition) is 1. The first kappa shape index (κ1) is 16.0. The van der Waals surface area contributed by atoms with Crippen molar-refractivity contribution in [1.82, 2.24) is 5.32 Å². The molecule has 1 heterocycles. The largest absolute Gasteiger partial charge is 0.493 e. The monoisotopic (exact) mass is 292 g/mol. The van der Waals surface area contributed by atoms with Gasteiger partial charge in [-0.1, -0.05) is 20.3 Å². The number of nitrogens with one attached hydrogen (secondary N) is 1. The maximum Gasteiger partial charge on any atom is 0.162 e. The molecule has 0 saturated carbocycles. The van der Waals surface area contributed by atoms with Gasteiger partial charge in [-0.05, 0) is 31.0 Å². The highest BCUT2D eigenvalue weighted by molar-refractivity contribution is 5.56. The molecule has 0 aliphatic carbocycles. The molecule has 1 N–H and O–H groups in total. The molecule has 2 rings (SSSR count). The van der Waals surface area contributed by atoms with Crippen LogP contribution >= 0.6 is 0 Å². The lowest BCUT2D eigenvalue weighted by molar-refractivity contribution is 0.354. The molecule has 1 saturated heterocycles. The Morgan fingerprint density at radius 1 is 1.29 bits per heavy atom. The van der Waals surface area contributed by atoms with Crippen molar-refractivity contribution in [1.29, 1.82) is 0 Å². The molecule has 4 heteroatoms. The molecule has 0 bridgehead atoms. The van der Waals surface area contributed by atoms with Crippen molar-refractivity contribution >= 4 is 5.69 Å². The first-order valence-electron chi connectivity index (χ1n) is 7.90. The fourth-order valence-corrected chi connectivity index (χ4v) is 2.87. The van der Waals surface area contributed by atoms with Gasteiger partial charge in [-0.25, -0.2) is 0 Å². The van der Waals surface area contributed by atoms with Crippen molar-refractivity contribution in [2.75, 3.05) is 38.8 Å². The number of nitrogens with zero attached hydrogens (tertiary/aromatic N) is 1. The van der Waals surface area contributed by atoms with Crippen LogP contribution in [0.25, 0.3) is 0 Å². The third-order valence-electron chi connectivity index (χ3n) is 4.49. The van der Waals surface area contributed by atoms with Crippen LogP contribution < -0.4 is 19.7 Å². The van der Waals surface area contributed by atoms with Gasteiger partial charge < -0.3 is 19.7 Å². The fraction of sp³-hybridized carbons (Fsp3) is 0.647. The standard InChI is InChI=1S/C17H28N2O2/c1-5-13(2)15-12-19(10-6-9-18-15)14-7-8-16(20-3)17(11-14)21-4/h7-8,11,13,15,18H,5-6,9-10,12H2,1-4H3. The molecule has 2 atom stereocenters. The maximum atomic E-state index is 5.43. The first-order valence-corrected chi connectivity index (χ1v) is 7.90. The Bertz CT molecular complexity index is 450. The average Bonchev–Trinajstić information content (AvgIpc) is 2.79. The number of rotatable bonds is 5. The summed E-state index contributed by atoms with van der Waals surface area (Å²) in [5.74, 6) is 2.27. The number of ether oxygens (including phenoxy) is 2. The summed E-state index contributed by atoms with van der Waals surface area (Å²) in [6.45, 7) is 7.81. The van der Waals surface area contributed by atoms with Crippen LogP contribution in [-0.2, 0) is 0 Å². The van der Waals surface area contributed by atoms with Crippen LogP contribution in [0.2, 0.25) is 0 Å². The summed E-state index contributed by atoms with van der Waals surface area (Å²) in [5, 5.41) is 3.69. The zero-order valence-electron chi connectivity index (χ0n) is 13.7. The highest BCUT2D eigenvalue weighted by Gasteiger charge is 2.22. The van der Waals surface area contributed by atoms with Gasteiger partial charge in [0.1, 0.15) is 0 Å². The minimum Gasteiger partial charge on any atom is -0.493 e. The minimum absolute atomic E-state index is 0.547. The van der Waals surface area contributed by atoms with Gasteiger partial charge >= 0.3 is 0 Å². The SMILES string of the molecule is CCC(C)C1CN(c2ccc(OC)c(OC)c2)CCCN1. The predicted molar refractivity (Wildman–Crippen MR) is 87.6 cm³/mol. The van der Waals surface area contributed by atoms with E-state index in [1.165, 1.54) is 18.5 Å². The van der Waals surface area contributed by atoms with Crippen molar-refractivity contribution in [3.63, 3.8) is 0 Å². The zero-order valence-corrected chi connectivity index (χ0v) is 13.7.